The highest BCUT2D eigenvalue weighted by molar-refractivity contribution is 7.89. The standard InChI is InChI=1S/C18H15F3N2O2S2/c19-18(20,21)15-4-3-6-17(10-15)27(24,25)23(11-14-7-9-26-13-14)12-16-5-1-2-8-22-16/h1-10,13H,11-12H2. The SMILES string of the molecule is O=S(=O)(c1cccc(C(F)(F)F)c1)N(Cc1ccsc1)Cc1ccccn1. The molecule has 3 rings (SSSR count). The van der Waals surface area contributed by atoms with Crippen LogP contribution in [0.2, 0.25) is 0 Å². The van der Waals surface area contributed by atoms with Gasteiger partial charge < -0.3 is 0 Å². The molecular weight excluding hydrogens is 397 g/mol. The van der Waals surface area contributed by atoms with Crippen molar-refractivity contribution < 1.29 is 21.6 Å². The molecule has 142 valence electrons. The molecule has 0 bridgehead atoms. The van der Waals surface area contributed by atoms with E-state index in [2.05, 4.69) is 4.98 Å². The third-order valence-corrected chi connectivity index (χ3v) is 6.32. The van der Waals surface area contributed by atoms with Crippen molar-refractivity contribution in [2.45, 2.75) is 24.2 Å². The Bertz CT molecular complexity index is 989. The number of sulfonamides is 1. The third kappa shape index (κ3) is 4.74. The zero-order chi connectivity index (χ0) is 19.5. The average Bonchev–Trinajstić information content (AvgIpc) is 3.15. The molecular formula is C18H15F3N2O2S2. The van der Waals surface area contributed by atoms with Crippen LogP contribution < -0.4 is 0 Å². The Morgan fingerprint density at radius 2 is 1.85 bits per heavy atom. The van der Waals surface area contributed by atoms with Crippen LogP contribution in [0.4, 0.5) is 13.2 Å². The monoisotopic (exact) mass is 412 g/mol. The first-order valence-corrected chi connectivity index (χ1v) is 10.2. The summed E-state index contributed by atoms with van der Waals surface area (Å²) in [5, 5.41) is 3.61. The molecule has 1 aromatic carbocycles. The van der Waals surface area contributed by atoms with E-state index >= 15 is 0 Å². The molecule has 9 heteroatoms. The lowest BCUT2D eigenvalue weighted by atomic mass is 10.2. The maximum atomic E-state index is 13.1. The Kier molecular flexibility index (Phi) is 5.64. The lowest BCUT2D eigenvalue weighted by Gasteiger charge is -2.22. The number of thiophene rings is 1. The van der Waals surface area contributed by atoms with Gasteiger partial charge in [0.15, 0.2) is 0 Å². The molecule has 2 heterocycles. The van der Waals surface area contributed by atoms with E-state index in [-0.39, 0.29) is 13.1 Å². The fraction of sp³-hybridized carbons (Fsp3) is 0.167. The molecule has 0 saturated heterocycles. The van der Waals surface area contributed by atoms with Gasteiger partial charge in [0.2, 0.25) is 10.0 Å². The molecule has 0 saturated carbocycles. The minimum absolute atomic E-state index is 0.0403. The number of alkyl halides is 3. The van der Waals surface area contributed by atoms with Gasteiger partial charge in [-0.2, -0.15) is 28.8 Å². The largest absolute Gasteiger partial charge is 0.416 e. The fourth-order valence-corrected chi connectivity index (χ4v) is 4.57. The van der Waals surface area contributed by atoms with Crippen molar-refractivity contribution >= 4 is 21.4 Å². The van der Waals surface area contributed by atoms with Crippen molar-refractivity contribution in [3.05, 3.63) is 82.3 Å². The van der Waals surface area contributed by atoms with Gasteiger partial charge in [0, 0.05) is 12.7 Å². The fourth-order valence-electron chi connectivity index (χ4n) is 2.47. The van der Waals surface area contributed by atoms with Crippen LogP contribution in [0.3, 0.4) is 0 Å². The van der Waals surface area contributed by atoms with Crippen molar-refractivity contribution in [3.8, 4) is 0 Å². The van der Waals surface area contributed by atoms with Crippen molar-refractivity contribution in [2.75, 3.05) is 0 Å². The zero-order valence-electron chi connectivity index (χ0n) is 13.9. The van der Waals surface area contributed by atoms with Crippen LogP contribution in [-0.4, -0.2) is 17.7 Å². The lowest BCUT2D eigenvalue weighted by Crippen LogP contribution is -2.30. The Labute approximate surface area is 159 Å². The van der Waals surface area contributed by atoms with E-state index in [4.69, 9.17) is 0 Å². The summed E-state index contributed by atoms with van der Waals surface area (Å²) in [5.74, 6) is 0. The van der Waals surface area contributed by atoms with Gasteiger partial charge in [-0.05, 0) is 52.7 Å². The van der Waals surface area contributed by atoms with Crippen LogP contribution in [0.15, 0.2) is 70.4 Å². The average molecular weight is 412 g/mol. The van der Waals surface area contributed by atoms with Crippen LogP contribution in [-0.2, 0) is 29.3 Å². The van der Waals surface area contributed by atoms with Crippen molar-refractivity contribution in [1.82, 2.24) is 9.29 Å². The topological polar surface area (TPSA) is 50.3 Å². The molecule has 0 amide bonds. The lowest BCUT2D eigenvalue weighted by molar-refractivity contribution is -0.137. The summed E-state index contributed by atoms with van der Waals surface area (Å²) in [6.07, 6.45) is -3.08. The van der Waals surface area contributed by atoms with E-state index in [1.807, 2.05) is 5.38 Å². The molecule has 3 aromatic rings. The quantitative estimate of drug-likeness (QED) is 0.597. The molecule has 0 spiro atoms. The maximum Gasteiger partial charge on any atom is 0.416 e. The molecule has 27 heavy (non-hydrogen) atoms. The van der Waals surface area contributed by atoms with Gasteiger partial charge in [-0.1, -0.05) is 12.1 Å². The molecule has 0 atom stereocenters. The summed E-state index contributed by atoms with van der Waals surface area (Å²) >= 11 is 1.41. The van der Waals surface area contributed by atoms with Crippen LogP contribution >= 0.6 is 11.3 Å². The van der Waals surface area contributed by atoms with E-state index in [1.54, 1.807) is 29.6 Å². The smallest absolute Gasteiger partial charge is 0.260 e. The highest BCUT2D eigenvalue weighted by atomic mass is 32.2. The van der Waals surface area contributed by atoms with Gasteiger partial charge in [0.25, 0.3) is 0 Å². The van der Waals surface area contributed by atoms with Crippen molar-refractivity contribution in [3.63, 3.8) is 0 Å². The van der Waals surface area contributed by atoms with Crippen LogP contribution in [0.5, 0.6) is 0 Å². The number of hydrogen-bond donors (Lipinski definition) is 0. The first-order chi connectivity index (χ1) is 12.8. The predicted octanol–water partition coefficient (Wildman–Crippen LogP) is 4.55. The summed E-state index contributed by atoms with van der Waals surface area (Å²) in [6, 6.07) is 10.6. The number of halogens is 3. The minimum atomic E-state index is -4.62. The highest BCUT2D eigenvalue weighted by Crippen LogP contribution is 2.31. The summed E-state index contributed by atoms with van der Waals surface area (Å²) in [4.78, 5) is 3.73. The van der Waals surface area contributed by atoms with Crippen molar-refractivity contribution in [1.29, 1.82) is 0 Å². The molecule has 0 unspecified atom stereocenters. The molecule has 0 N–H and O–H groups in total. The number of rotatable bonds is 6. The summed E-state index contributed by atoms with van der Waals surface area (Å²) in [5.41, 5.74) is 0.256. The second kappa shape index (κ2) is 7.79. The van der Waals surface area contributed by atoms with Gasteiger partial charge in [0.05, 0.1) is 22.7 Å². The van der Waals surface area contributed by atoms with E-state index in [1.165, 1.54) is 23.6 Å². The van der Waals surface area contributed by atoms with E-state index < -0.39 is 26.7 Å². The number of nitrogens with zero attached hydrogens (tertiary/aromatic N) is 2. The van der Waals surface area contributed by atoms with Crippen LogP contribution in [0.25, 0.3) is 0 Å². The Balaban J connectivity index is 1.99. The van der Waals surface area contributed by atoms with Crippen LogP contribution in [0.1, 0.15) is 16.8 Å². The molecule has 2 aromatic heterocycles. The zero-order valence-corrected chi connectivity index (χ0v) is 15.6. The van der Waals surface area contributed by atoms with Crippen molar-refractivity contribution in [2.24, 2.45) is 0 Å². The molecule has 0 fully saturated rings. The normalized spacial score (nSPS) is 12.4. The summed E-state index contributed by atoms with van der Waals surface area (Å²) in [6.45, 7) is -0.00603. The first kappa shape index (κ1) is 19.5. The Morgan fingerprint density at radius 1 is 1.04 bits per heavy atom. The number of aromatic nitrogens is 1. The summed E-state index contributed by atoms with van der Waals surface area (Å²) in [7, 11) is -4.16. The van der Waals surface area contributed by atoms with Gasteiger partial charge in [0.1, 0.15) is 0 Å². The summed E-state index contributed by atoms with van der Waals surface area (Å²) < 4.78 is 66.3. The number of hydrogen-bond acceptors (Lipinski definition) is 4. The van der Waals surface area contributed by atoms with Gasteiger partial charge in [-0.3, -0.25) is 4.98 Å². The maximum absolute atomic E-state index is 13.1. The molecule has 0 aliphatic carbocycles. The van der Waals surface area contributed by atoms with E-state index in [0.717, 1.165) is 22.0 Å². The van der Waals surface area contributed by atoms with Gasteiger partial charge in [-0.25, -0.2) is 8.42 Å². The third-order valence-electron chi connectivity index (χ3n) is 3.80. The Morgan fingerprint density at radius 3 is 2.48 bits per heavy atom. The first-order valence-electron chi connectivity index (χ1n) is 7.85. The molecule has 4 nitrogen and oxygen atoms in total. The molecule has 0 aliphatic rings. The molecule has 0 aliphatic heterocycles. The van der Waals surface area contributed by atoms with E-state index in [9.17, 15) is 21.6 Å². The second-order valence-electron chi connectivity index (χ2n) is 5.75. The van der Waals surface area contributed by atoms with E-state index in [0.29, 0.717) is 11.8 Å². The Hall–Kier alpha value is -2.23. The van der Waals surface area contributed by atoms with Gasteiger partial charge >= 0.3 is 6.18 Å². The number of benzene rings is 1. The number of pyridine rings is 1. The highest BCUT2D eigenvalue weighted by Gasteiger charge is 2.33. The second-order valence-corrected chi connectivity index (χ2v) is 8.47. The van der Waals surface area contributed by atoms with Crippen LogP contribution in [0, 0.1) is 0 Å². The predicted molar refractivity (Wildman–Crippen MR) is 96.4 cm³/mol. The molecule has 0 radical (unpaired) electrons. The van der Waals surface area contributed by atoms with Gasteiger partial charge in [-0.15, -0.1) is 0 Å². The minimum Gasteiger partial charge on any atom is -0.260 e.